The van der Waals surface area contributed by atoms with Gasteiger partial charge in [0.15, 0.2) is 10.8 Å². The second kappa shape index (κ2) is 7.77. The summed E-state index contributed by atoms with van der Waals surface area (Å²) in [6, 6.07) is 4.34. The first-order valence-electron chi connectivity index (χ1n) is 8.65. The average Bonchev–Trinajstić information content (AvgIpc) is 3.32. The van der Waals surface area contributed by atoms with Crippen LogP contribution in [-0.4, -0.2) is 39.7 Å². The average molecular weight is 404 g/mol. The lowest BCUT2D eigenvalue weighted by molar-refractivity contribution is -0.113. The lowest BCUT2D eigenvalue weighted by atomic mass is 10.2. The lowest BCUT2D eigenvalue weighted by Gasteiger charge is -2.11. The number of aryl methyl sites for hydroxylation is 1. The molecule has 140 valence electrons. The minimum atomic E-state index is -0.375. The predicted molar refractivity (Wildman–Crippen MR) is 107 cm³/mol. The van der Waals surface area contributed by atoms with E-state index in [1.165, 1.54) is 43.1 Å². The zero-order chi connectivity index (χ0) is 18.8. The third-order valence-corrected chi connectivity index (χ3v) is 6.57. The zero-order valence-corrected chi connectivity index (χ0v) is 16.4. The van der Waals surface area contributed by atoms with Gasteiger partial charge < -0.3 is 10.2 Å². The Bertz CT molecular complexity index is 987. The minimum Gasteiger partial charge on any atom is -0.348 e. The maximum atomic E-state index is 13.4. The normalized spacial score (nSPS) is 14.1. The summed E-state index contributed by atoms with van der Waals surface area (Å²) in [4.78, 5) is 27.7. The fraction of sp³-hybridized carbons (Fsp3) is 0.333. The largest absolute Gasteiger partial charge is 0.348 e. The number of nitrogens with one attached hydrogen (secondary N) is 1. The van der Waals surface area contributed by atoms with Crippen molar-refractivity contribution in [3.05, 3.63) is 35.9 Å². The molecule has 1 saturated heterocycles. The van der Waals surface area contributed by atoms with Crippen molar-refractivity contribution in [2.24, 2.45) is 0 Å². The Hall–Kier alpha value is -2.26. The number of hydrogen-bond acceptors (Lipinski definition) is 7. The summed E-state index contributed by atoms with van der Waals surface area (Å²) in [5, 5.41) is 4.46. The van der Waals surface area contributed by atoms with E-state index in [0.717, 1.165) is 33.5 Å². The van der Waals surface area contributed by atoms with Gasteiger partial charge in [0, 0.05) is 18.8 Å². The molecule has 1 N–H and O–H groups in total. The van der Waals surface area contributed by atoms with Crippen LogP contribution in [0.5, 0.6) is 0 Å². The van der Waals surface area contributed by atoms with Crippen LogP contribution in [0, 0.1) is 12.7 Å². The van der Waals surface area contributed by atoms with Gasteiger partial charge in [-0.3, -0.25) is 4.79 Å². The molecule has 0 saturated carbocycles. The number of aromatic nitrogens is 3. The molecule has 9 heteroatoms. The highest BCUT2D eigenvalue weighted by atomic mass is 32.2. The molecule has 3 heterocycles. The van der Waals surface area contributed by atoms with E-state index in [1.807, 2.05) is 6.92 Å². The van der Waals surface area contributed by atoms with Gasteiger partial charge in [0.25, 0.3) is 0 Å². The van der Waals surface area contributed by atoms with Gasteiger partial charge in [0.2, 0.25) is 5.91 Å². The first kappa shape index (κ1) is 18.1. The summed E-state index contributed by atoms with van der Waals surface area (Å²) < 4.78 is 14.3. The highest BCUT2D eigenvalue weighted by molar-refractivity contribution is 8.00. The van der Waals surface area contributed by atoms with Gasteiger partial charge in [-0.1, -0.05) is 29.2 Å². The quantitative estimate of drug-likeness (QED) is 0.515. The van der Waals surface area contributed by atoms with Crippen LogP contribution in [0.3, 0.4) is 0 Å². The molecule has 1 amide bonds. The topological polar surface area (TPSA) is 71.0 Å². The maximum absolute atomic E-state index is 13.4. The van der Waals surface area contributed by atoms with Crippen LogP contribution in [-0.2, 0) is 4.79 Å². The van der Waals surface area contributed by atoms with Gasteiger partial charge in [-0.15, -0.1) is 0 Å². The third-order valence-electron chi connectivity index (χ3n) is 4.34. The molecule has 1 aliphatic heterocycles. The Morgan fingerprint density at radius 1 is 1.33 bits per heavy atom. The Balaban J connectivity index is 1.46. The molecule has 0 aliphatic carbocycles. The van der Waals surface area contributed by atoms with Crippen molar-refractivity contribution in [1.82, 2.24) is 15.0 Å². The van der Waals surface area contributed by atoms with Crippen LogP contribution in [0.1, 0.15) is 18.4 Å². The van der Waals surface area contributed by atoms with Crippen molar-refractivity contribution in [3.8, 4) is 0 Å². The monoisotopic (exact) mass is 403 g/mol. The van der Waals surface area contributed by atoms with Crippen molar-refractivity contribution in [1.29, 1.82) is 0 Å². The third kappa shape index (κ3) is 4.03. The minimum absolute atomic E-state index is 0.180. The number of carbonyl (C=O) groups excluding carboxylic acids is 1. The lowest BCUT2D eigenvalue weighted by Crippen LogP contribution is -2.16. The Labute approximate surface area is 164 Å². The summed E-state index contributed by atoms with van der Waals surface area (Å²) in [6.07, 6.45) is 3.85. The molecule has 2 aromatic heterocycles. The summed E-state index contributed by atoms with van der Waals surface area (Å²) in [5.41, 5.74) is 1.97. The molecule has 0 radical (unpaired) electrons. The number of rotatable bonds is 5. The van der Waals surface area contributed by atoms with Gasteiger partial charge in [0.05, 0.1) is 5.75 Å². The van der Waals surface area contributed by atoms with Gasteiger partial charge in [-0.25, -0.2) is 14.4 Å². The Morgan fingerprint density at radius 2 is 2.15 bits per heavy atom. The van der Waals surface area contributed by atoms with Crippen LogP contribution in [0.4, 0.5) is 15.2 Å². The number of anilines is 2. The highest BCUT2D eigenvalue weighted by Crippen LogP contribution is 2.34. The number of thiazole rings is 1. The summed E-state index contributed by atoms with van der Waals surface area (Å²) in [5.74, 6) is -0.399. The van der Waals surface area contributed by atoms with Gasteiger partial charge in [-0.05, 0) is 37.5 Å². The predicted octanol–water partition coefficient (Wildman–Crippen LogP) is 3.86. The van der Waals surface area contributed by atoms with E-state index in [0.29, 0.717) is 11.3 Å². The molecule has 0 atom stereocenters. The first-order valence-corrected chi connectivity index (χ1v) is 10.5. The summed E-state index contributed by atoms with van der Waals surface area (Å²) in [7, 11) is 0. The Kier molecular flexibility index (Phi) is 5.22. The van der Waals surface area contributed by atoms with Crippen molar-refractivity contribution in [2.75, 3.05) is 29.1 Å². The van der Waals surface area contributed by atoms with Crippen molar-refractivity contribution < 1.29 is 9.18 Å². The van der Waals surface area contributed by atoms with Crippen LogP contribution in [0.25, 0.3) is 10.3 Å². The fourth-order valence-corrected chi connectivity index (χ4v) is 4.86. The van der Waals surface area contributed by atoms with Crippen molar-refractivity contribution in [2.45, 2.75) is 24.8 Å². The molecule has 0 unspecified atom stereocenters. The molecular formula is C18H18FN5OS2. The standard InChI is InChI=1S/C18H18FN5OS2/c1-11-4-5-12(19)8-13(11)22-14(25)9-26-17-15-16(20-10-21-17)23-18(27-15)24-6-2-3-7-24/h4-5,8,10H,2-3,6-7,9H2,1H3,(H,22,25). The van der Waals surface area contributed by atoms with E-state index in [-0.39, 0.29) is 17.5 Å². The first-order chi connectivity index (χ1) is 13.1. The molecule has 0 spiro atoms. The van der Waals surface area contributed by atoms with E-state index in [1.54, 1.807) is 17.4 Å². The molecule has 27 heavy (non-hydrogen) atoms. The number of hydrogen-bond donors (Lipinski definition) is 1. The summed E-state index contributed by atoms with van der Waals surface area (Å²) >= 11 is 2.91. The molecular weight excluding hydrogens is 385 g/mol. The van der Waals surface area contributed by atoms with Gasteiger partial charge in [-0.2, -0.15) is 4.98 Å². The van der Waals surface area contributed by atoms with E-state index >= 15 is 0 Å². The SMILES string of the molecule is Cc1ccc(F)cc1NC(=O)CSc1ncnc2nc(N3CCCC3)sc12. The van der Waals surface area contributed by atoms with Crippen molar-refractivity contribution in [3.63, 3.8) is 0 Å². The van der Waals surface area contributed by atoms with E-state index in [4.69, 9.17) is 0 Å². The van der Waals surface area contributed by atoms with Gasteiger partial charge in [0.1, 0.15) is 21.9 Å². The highest BCUT2D eigenvalue weighted by Gasteiger charge is 2.19. The number of nitrogens with zero attached hydrogens (tertiary/aromatic N) is 4. The van der Waals surface area contributed by atoms with Crippen molar-refractivity contribution >= 4 is 50.2 Å². The molecule has 1 fully saturated rings. The zero-order valence-electron chi connectivity index (χ0n) is 14.7. The number of halogens is 1. The number of carbonyl (C=O) groups is 1. The second-order valence-electron chi connectivity index (χ2n) is 6.32. The van der Waals surface area contributed by atoms with Crippen LogP contribution >= 0.6 is 23.1 Å². The fourth-order valence-electron chi connectivity index (χ4n) is 2.92. The second-order valence-corrected chi connectivity index (χ2v) is 8.26. The molecule has 3 aromatic rings. The number of fused-ring (bicyclic) bond motifs is 1. The molecule has 0 bridgehead atoms. The molecule has 6 nitrogen and oxygen atoms in total. The smallest absolute Gasteiger partial charge is 0.234 e. The van der Waals surface area contributed by atoms with Crippen LogP contribution in [0.2, 0.25) is 0 Å². The number of thioether (sulfide) groups is 1. The maximum Gasteiger partial charge on any atom is 0.234 e. The number of benzene rings is 1. The van der Waals surface area contributed by atoms with Crippen LogP contribution in [0.15, 0.2) is 29.6 Å². The van der Waals surface area contributed by atoms with E-state index < -0.39 is 0 Å². The molecule has 4 rings (SSSR count). The molecule has 1 aliphatic rings. The van der Waals surface area contributed by atoms with E-state index in [2.05, 4.69) is 25.2 Å². The van der Waals surface area contributed by atoms with E-state index in [9.17, 15) is 9.18 Å². The van der Waals surface area contributed by atoms with Gasteiger partial charge >= 0.3 is 0 Å². The van der Waals surface area contributed by atoms with Crippen LogP contribution < -0.4 is 10.2 Å². The number of amides is 1. The summed E-state index contributed by atoms with van der Waals surface area (Å²) in [6.45, 7) is 3.86. The Morgan fingerprint density at radius 3 is 2.96 bits per heavy atom. The molecule has 1 aromatic carbocycles.